The Morgan fingerprint density at radius 1 is 1.00 bits per heavy atom. The summed E-state index contributed by atoms with van der Waals surface area (Å²) in [6.45, 7) is 2.52. The van der Waals surface area contributed by atoms with E-state index in [1.54, 1.807) is 30.4 Å². The average molecular weight is 790 g/mol. The number of anilines is 1. The molecule has 0 bridgehead atoms. The van der Waals surface area contributed by atoms with Crippen molar-refractivity contribution in [1.82, 2.24) is 0 Å². The molecule has 41 heavy (non-hydrogen) atoms. The van der Waals surface area contributed by atoms with E-state index >= 15 is 0 Å². The van der Waals surface area contributed by atoms with Crippen LogP contribution in [0, 0.1) is 7.14 Å². The molecule has 0 spiro atoms. The van der Waals surface area contributed by atoms with Gasteiger partial charge >= 0.3 is 5.97 Å². The Morgan fingerprint density at radius 3 is 2.41 bits per heavy atom. The van der Waals surface area contributed by atoms with Crippen LogP contribution in [0.1, 0.15) is 62.0 Å². The van der Waals surface area contributed by atoms with E-state index in [4.69, 9.17) is 14.5 Å². The summed E-state index contributed by atoms with van der Waals surface area (Å²) in [6, 6.07) is 20.9. The zero-order valence-electron chi connectivity index (χ0n) is 22.4. The van der Waals surface area contributed by atoms with Gasteiger partial charge in [-0.2, -0.15) is 0 Å². The van der Waals surface area contributed by atoms with Crippen LogP contribution in [-0.2, 0) is 24.2 Å². The minimum absolute atomic E-state index is 0.106. The summed E-state index contributed by atoms with van der Waals surface area (Å²) in [6.07, 6.45) is 5.97. The van der Waals surface area contributed by atoms with Crippen molar-refractivity contribution in [1.29, 1.82) is 0 Å². The molecular formula is C32H28I2N2O4S. The van der Waals surface area contributed by atoms with E-state index in [0.717, 1.165) is 66.0 Å². The summed E-state index contributed by atoms with van der Waals surface area (Å²) in [4.78, 5) is 31.4. The van der Waals surface area contributed by atoms with Gasteiger partial charge in [0.2, 0.25) is 0 Å². The topological polar surface area (TPSA) is 77.0 Å². The van der Waals surface area contributed by atoms with Crippen molar-refractivity contribution in [2.45, 2.75) is 39.2 Å². The van der Waals surface area contributed by atoms with Crippen molar-refractivity contribution < 1.29 is 19.1 Å². The summed E-state index contributed by atoms with van der Waals surface area (Å²) in [7, 11) is 0. The van der Waals surface area contributed by atoms with Crippen LogP contribution in [0.25, 0.3) is 0 Å². The zero-order chi connectivity index (χ0) is 28.8. The van der Waals surface area contributed by atoms with Gasteiger partial charge in [0.1, 0.15) is 17.4 Å². The minimum atomic E-state index is -0.326. The van der Waals surface area contributed by atoms with Crippen LogP contribution in [-0.4, -0.2) is 24.7 Å². The van der Waals surface area contributed by atoms with E-state index < -0.39 is 0 Å². The molecule has 0 saturated carbocycles. The zero-order valence-corrected chi connectivity index (χ0v) is 27.5. The maximum Gasteiger partial charge on any atom is 0.338 e. The van der Waals surface area contributed by atoms with E-state index in [9.17, 15) is 9.59 Å². The maximum atomic E-state index is 13.4. The molecule has 0 unspecified atom stereocenters. The standard InChI is InChI=1S/C32H28I2N2O4S/c1-2-39-32(38)22-14-12-20(13-15-22)19-40-29-25(33)16-21(17-26(29)34)18-35-31-28(24-10-6-7-11-27(24)41-31)30(37)36-23-8-4-3-5-9-23/h3-5,8-9,12-18H,2,6-7,10-11,19H2,1H3,(H,36,37). The molecule has 4 aromatic rings. The number of rotatable bonds is 9. The highest BCUT2D eigenvalue weighted by Crippen LogP contribution is 2.40. The minimum Gasteiger partial charge on any atom is -0.487 e. The van der Waals surface area contributed by atoms with E-state index in [1.807, 2.05) is 60.8 Å². The van der Waals surface area contributed by atoms with Crippen LogP contribution in [0.4, 0.5) is 10.7 Å². The molecule has 0 radical (unpaired) electrons. The fraction of sp³-hybridized carbons (Fsp3) is 0.219. The number of esters is 1. The molecule has 1 heterocycles. The van der Waals surface area contributed by atoms with Crippen molar-refractivity contribution in [3.8, 4) is 5.75 Å². The Bertz CT molecular complexity index is 1560. The van der Waals surface area contributed by atoms with Crippen LogP contribution < -0.4 is 10.1 Å². The number of fused-ring (bicyclic) bond motifs is 1. The highest BCUT2D eigenvalue weighted by atomic mass is 127. The number of aryl methyl sites for hydroxylation is 1. The van der Waals surface area contributed by atoms with Crippen LogP contribution in [0.2, 0.25) is 0 Å². The quantitative estimate of drug-likeness (QED) is 0.105. The number of amides is 1. The van der Waals surface area contributed by atoms with E-state index in [2.05, 4.69) is 50.5 Å². The number of thiophene rings is 1. The van der Waals surface area contributed by atoms with E-state index in [0.29, 0.717) is 24.3 Å². The number of para-hydroxylation sites is 1. The Hall–Kier alpha value is -2.77. The van der Waals surface area contributed by atoms with Crippen molar-refractivity contribution in [2.24, 2.45) is 4.99 Å². The van der Waals surface area contributed by atoms with Crippen LogP contribution in [0.5, 0.6) is 5.75 Å². The number of benzene rings is 3. The third kappa shape index (κ3) is 7.36. The lowest BCUT2D eigenvalue weighted by molar-refractivity contribution is 0.0526. The second kappa shape index (κ2) is 13.9. The molecule has 3 aromatic carbocycles. The smallest absolute Gasteiger partial charge is 0.338 e. The number of aliphatic imine (C=N–C) groups is 1. The van der Waals surface area contributed by atoms with Crippen LogP contribution in [0.15, 0.2) is 71.7 Å². The Labute approximate surface area is 270 Å². The summed E-state index contributed by atoms with van der Waals surface area (Å²) in [5.41, 5.74) is 5.03. The maximum absolute atomic E-state index is 13.4. The van der Waals surface area contributed by atoms with E-state index in [1.165, 1.54) is 4.88 Å². The van der Waals surface area contributed by atoms with Gasteiger partial charge in [-0.1, -0.05) is 30.3 Å². The van der Waals surface area contributed by atoms with Crippen LogP contribution >= 0.6 is 56.5 Å². The molecule has 9 heteroatoms. The van der Waals surface area contributed by atoms with E-state index in [-0.39, 0.29) is 11.9 Å². The van der Waals surface area contributed by atoms with Crippen molar-refractivity contribution >= 4 is 85.3 Å². The number of nitrogens with zero attached hydrogens (tertiary/aromatic N) is 1. The van der Waals surface area contributed by atoms with Gasteiger partial charge in [-0.25, -0.2) is 9.79 Å². The molecule has 1 aliphatic carbocycles. The third-order valence-electron chi connectivity index (χ3n) is 6.61. The number of carbonyl (C=O) groups excluding carboxylic acids is 2. The normalized spacial score (nSPS) is 12.7. The predicted molar refractivity (Wildman–Crippen MR) is 181 cm³/mol. The summed E-state index contributed by atoms with van der Waals surface area (Å²) in [5.74, 6) is 0.367. The largest absolute Gasteiger partial charge is 0.487 e. The number of halogens is 2. The molecule has 0 atom stereocenters. The fourth-order valence-electron chi connectivity index (χ4n) is 4.62. The first-order valence-electron chi connectivity index (χ1n) is 13.4. The van der Waals surface area contributed by atoms with Gasteiger partial charge in [0, 0.05) is 16.8 Å². The number of carbonyl (C=O) groups is 2. The first-order valence-corrected chi connectivity index (χ1v) is 16.3. The number of nitrogens with one attached hydrogen (secondary N) is 1. The molecule has 0 aliphatic heterocycles. The molecular weight excluding hydrogens is 762 g/mol. The molecule has 1 aromatic heterocycles. The number of ether oxygens (including phenoxy) is 2. The highest BCUT2D eigenvalue weighted by molar-refractivity contribution is 14.1. The molecule has 1 N–H and O–H groups in total. The number of hydrogen-bond donors (Lipinski definition) is 1. The van der Waals surface area contributed by atoms with Gasteiger partial charge in [-0.15, -0.1) is 11.3 Å². The van der Waals surface area contributed by atoms with Crippen molar-refractivity contribution in [3.63, 3.8) is 0 Å². The monoisotopic (exact) mass is 790 g/mol. The third-order valence-corrected chi connectivity index (χ3v) is 9.41. The first kappa shape index (κ1) is 29.7. The summed E-state index contributed by atoms with van der Waals surface area (Å²) < 4.78 is 13.1. The fourth-order valence-corrected chi connectivity index (χ4v) is 7.98. The average Bonchev–Trinajstić information content (AvgIpc) is 3.35. The lowest BCUT2D eigenvalue weighted by Crippen LogP contribution is -2.14. The predicted octanol–water partition coefficient (Wildman–Crippen LogP) is 8.59. The van der Waals surface area contributed by atoms with Gasteiger partial charge in [0.05, 0.1) is 24.9 Å². The molecule has 0 saturated heterocycles. The van der Waals surface area contributed by atoms with Gasteiger partial charge in [0.25, 0.3) is 5.91 Å². The lowest BCUT2D eigenvalue weighted by atomic mass is 9.95. The molecule has 5 rings (SSSR count). The molecule has 210 valence electrons. The Kier molecular flexibility index (Phi) is 10.1. The van der Waals surface area contributed by atoms with Gasteiger partial charge in [-0.3, -0.25) is 4.79 Å². The summed E-state index contributed by atoms with van der Waals surface area (Å²) in [5, 5.41) is 3.80. The molecule has 1 amide bonds. The summed E-state index contributed by atoms with van der Waals surface area (Å²) >= 11 is 6.18. The molecule has 6 nitrogen and oxygen atoms in total. The van der Waals surface area contributed by atoms with Crippen LogP contribution in [0.3, 0.4) is 0 Å². The first-order chi connectivity index (χ1) is 19.9. The molecule has 0 fully saturated rings. The molecule has 1 aliphatic rings. The second-order valence-corrected chi connectivity index (χ2v) is 12.9. The second-order valence-electron chi connectivity index (χ2n) is 9.49. The Balaban J connectivity index is 1.32. The van der Waals surface area contributed by atoms with Gasteiger partial charge < -0.3 is 14.8 Å². The number of hydrogen-bond acceptors (Lipinski definition) is 6. The van der Waals surface area contributed by atoms with Gasteiger partial charge in [0.15, 0.2) is 0 Å². The Morgan fingerprint density at radius 2 is 1.71 bits per heavy atom. The van der Waals surface area contributed by atoms with Crippen molar-refractivity contribution in [2.75, 3.05) is 11.9 Å². The van der Waals surface area contributed by atoms with Crippen molar-refractivity contribution in [3.05, 3.63) is 107 Å². The lowest BCUT2D eigenvalue weighted by Gasteiger charge is -2.13. The highest BCUT2D eigenvalue weighted by Gasteiger charge is 2.25. The van der Waals surface area contributed by atoms with Gasteiger partial charge in [-0.05, 0) is 131 Å². The SMILES string of the molecule is CCOC(=O)c1ccc(COc2c(I)cc(C=Nc3sc4c(c3C(=O)Nc3ccccc3)CCCC4)cc2I)cc1.